The van der Waals surface area contributed by atoms with E-state index in [1.165, 1.54) is 12.1 Å². The predicted octanol–water partition coefficient (Wildman–Crippen LogP) is 3.57. The molecule has 0 atom stereocenters. The van der Waals surface area contributed by atoms with Crippen molar-refractivity contribution < 1.29 is 9.66 Å². The second kappa shape index (κ2) is 5.06. The Morgan fingerprint density at radius 3 is 2.90 bits per heavy atom. The second-order valence-electron chi connectivity index (χ2n) is 4.36. The minimum absolute atomic E-state index is 0.102. The highest BCUT2D eigenvalue weighted by Crippen LogP contribution is 2.31. The Balaban J connectivity index is 2.17. The maximum absolute atomic E-state index is 11.0. The number of ether oxygens (including phenoxy) is 1. The van der Waals surface area contributed by atoms with E-state index in [1.807, 2.05) is 12.3 Å². The maximum Gasteiger partial charge on any atom is 0.288 e. The van der Waals surface area contributed by atoms with Crippen molar-refractivity contribution in [2.24, 2.45) is 0 Å². The summed E-state index contributed by atoms with van der Waals surface area (Å²) in [7, 11) is 1.57. The Morgan fingerprint density at radius 1 is 1.38 bits per heavy atom. The van der Waals surface area contributed by atoms with Crippen LogP contribution >= 0.6 is 11.6 Å². The smallest absolute Gasteiger partial charge is 0.288 e. The van der Waals surface area contributed by atoms with Gasteiger partial charge in [-0.2, -0.15) is 0 Å². The van der Waals surface area contributed by atoms with Gasteiger partial charge in [0.05, 0.1) is 17.7 Å². The number of methoxy groups -OCH3 is 1. The molecule has 106 valence electrons. The van der Waals surface area contributed by atoms with Crippen LogP contribution in [0.2, 0.25) is 5.02 Å². The zero-order chi connectivity index (χ0) is 15.0. The number of hydrogen-bond acceptors (Lipinski definition) is 4. The molecule has 0 saturated heterocycles. The largest absolute Gasteiger partial charge is 0.493 e. The summed E-state index contributed by atoms with van der Waals surface area (Å²) in [6.07, 6.45) is 3.61. The fraction of sp³-hybridized carbons (Fsp3) is 0.0714. The lowest BCUT2D eigenvalue weighted by atomic mass is 10.1. The summed E-state index contributed by atoms with van der Waals surface area (Å²) in [5.41, 5.74) is 1.74. The van der Waals surface area contributed by atoms with Gasteiger partial charge < -0.3 is 9.14 Å². The third-order valence-corrected chi connectivity index (χ3v) is 3.43. The minimum atomic E-state index is -0.512. The number of nitro benzene ring substituents is 1. The van der Waals surface area contributed by atoms with Crippen molar-refractivity contribution in [2.45, 2.75) is 0 Å². The number of benzene rings is 1. The fourth-order valence-electron chi connectivity index (χ4n) is 2.10. The van der Waals surface area contributed by atoms with Crippen molar-refractivity contribution in [3.63, 3.8) is 0 Å². The highest BCUT2D eigenvalue weighted by molar-refractivity contribution is 6.32. The number of nitro groups is 1. The molecule has 0 N–H and O–H groups in total. The highest BCUT2D eigenvalue weighted by Gasteiger charge is 2.15. The van der Waals surface area contributed by atoms with Gasteiger partial charge in [0.15, 0.2) is 11.4 Å². The van der Waals surface area contributed by atoms with Gasteiger partial charge in [-0.05, 0) is 18.2 Å². The summed E-state index contributed by atoms with van der Waals surface area (Å²) in [6.45, 7) is 0. The molecule has 7 heteroatoms. The summed E-state index contributed by atoms with van der Waals surface area (Å²) in [4.78, 5) is 14.9. The first-order valence-electron chi connectivity index (χ1n) is 6.06. The minimum Gasteiger partial charge on any atom is -0.493 e. The summed E-state index contributed by atoms with van der Waals surface area (Å²) in [6, 6.07) is 8.24. The zero-order valence-electron chi connectivity index (χ0n) is 11.0. The number of pyridine rings is 1. The van der Waals surface area contributed by atoms with E-state index in [-0.39, 0.29) is 10.7 Å². The van der Waals surface area contributed by atoms with Crippen LogP contribution in [0.15, 0.2) is 42.7 Å². The van der Waals surface area contributed by atoms with Gasteiger partial charge in [0.2, 0.25) is 0 Å². The van der Waals surface area contributed by atoms with E-state index in [9.17, 15) is 10.1 Å². The Morgan fingerprint density at radius 2 is 2.19 bits per heavy atom. The van der Waals surface area contributed by atoms with Gasteiger partial charge in [0.1, 0.15) is 5.02 Å². The van der Waals surface area contributed by atoms with Crippen molar-refractivity contribution in [3.8, 4) is 17.0 Å². The zero-order valence-corrected chi connectivity index (χ0v) is 11.7. The molecule has 3 rings (SSSR count). The quantitative estimate of drug-likeness (QED) is 0.548. The SMILES string of the molecule is COc1cccn2cc(-c3ccc(Cl)c([N+](=O)[O-])c3)nc12. The van der Waals surface area contributed by atoms with E-state index < -0.39 is 4.92 Å². The Hall–Kier alpha value is -2.60. The van der Waals surface area contributed by atoms with Gasteiger partial charge in [0, 0.05) is 24.0 Å². The third-order valence-electron chi connectivity index (χ3n) is 3.11. The van der Waals surface area contributed by atoms with Crippen molar-refractivity contribution in [3.05, 3.63) is 57.9 Å². The molecule has 0 bridgehead atoms. The van der Waals surface area contributed by atoms with Crippen LogP contribution in [0.4, 0.5) is 5.69 Å². The molecule has 0 unspecified atom stereocenters. The van der Waals surface area contributed by atoms with Crippen LogP contribution in [-0.2, 0) is 0 Å². The first-order chi connectivity index (χ1) is 10.1. The van der Waals surface area contributed by atoms with Crippen molar-refractivity contribution in [2.75, 3.05) is 7.11 Å². The molecule has 2 heterocycles. The highest BCUT2D eigenvalue weighted by atomic mass is 35.5. The maximum atomic E-state index is 11.0. The van der Waals surface area contributed by atoms with Crippen molar-refractivity contribution >= 4 is 22.9 Å². The molecule has 0 fully saturated rings. The van der Waals surface area contributed by atoms with Gasteiger partial charge in [0.25, 0.3) is 5.69 Å². The number of halogens is 1. The van der Waals surface area contributed by atoms with Gasteiger partial charge in [-0.3, -0.25) is 10.1 Å². The van der Waals surface area contributed by atoms with Crippen LogP contribution in [0.5, 0.6) is 5.75 Å². The lowest BCUT2D eigenvalue weighted by molar-refractivity contribution is -0.384. The Bertz CT molecular complexity index is 845. The van der Waals surface area contributed by atoms with E-state index in [2.05, 4.69) is 4.98 Å². The van der Waals surface area contributed by atoms with Crippen LogP contribution in [0, 0.1) is 10.1 Å². The van der Waals surface area contributed by atoms with Crippen LogP contribution < -0.4 is 4.74 Å². The Kier molecular flexibility index (Phi) is 3.23. The molecule has 1 aromatic carbocycles. The van der Waals surface area contributed by atoms with Gasteiger partial charge in [-0.15, -0.1) is 0 Å². The molecule has 0 radical (unpaired) electrons. The molecule has 3 aromatic rings. The average molecular weight is 304 g/mol. The summed E-state index contributed by atoms with van der Waals surface area (Å²) in [5.74, 6) is 0.632. The summed E-state index contributed by atoms with van der Waals surface area (Å²) in [5, 5.41) is 11.1. The fourth-order valence-corrected chi connectivity index (χ4v) is 2.28. The van der Waals surface area contributed by atoms with E-state index in [4.69, 9.17) is 16.3 Å². The second-order valence-corrected chi connectivity index (χ2v) is 4.76. The van der Waals surface area contributed by atoms with Gasteiger partial charge >= 0.3 is 0 Å². The van der Waals surface area contributed by atoms with Crippen LogP contribution in [0.1, 0.15) is 0 Å². The number of nitrogens with zero attached hydrogens (tertiary/aromatic N) is 3. The normalized spacial score (nSPS) is 10.8. The van der Waals surface area contributed by atoms with Crippen LogP contribution in [0.25, 0.3) is 16.9 Å². The Labute approximate surface area is 124 Å². The number of hydrogen-bond donors (Lipinski definition) is 0. The molecule has 0 aliphatic heterocycles. The summed E-state index contributed by atoms with van der Waals surface area (Å²) < 4.78 is 7.05. The average Bonchev–Trinajstić information content (AvgIpc) is 2.91. The molecule has 21 heavy (non-hydrogen) atoms. The molecular weight excluding hydrogens is 294 g/mol. The molecule has 0 aliphatic carbocycles. The van der Waals surface area contributed by atoms with Crippen molar-refractivity contribution in [1.29, 1.82) is 0 Å². The lowest BCUT2D eigenvalue weighted by Crippen LogP contribution is -1.90. The molecule has 6 nitrogen and oxygen atoms in total. The first-order valence-corrected chi connectivity index (χ1v) is 6.44. The van der Waals surface area contributed by atoms with Crippen LogP contribution in [0.3, 0.4) is 0 Å². The van der Waals surface area contributed by atoms with E-state index >= 15 is 0 Å². The van der Waals surface area contributed by atoms with Gasteiger partial charge in [-0.25, -0.2) is 4.98 Å². The number of aromatic nitrogens is 2. The van der Waals surface area contributed by atoms with Gasteiger partial charge in [-0.1, -0.05) is 17.7 Å². The molecule has 0 spiro atoms. The van der Waals surface area contributed by atoms with Crippen molar-refractivity contribution in [1.82, 2.24) is 9.38 Å². The number of imidazole rings is 1. The number of fused-ring (bicyclic) bond motifs is 1. The molecule has 2 aromatic heterocycles. The topological polar surface area (TPSA) is 69.7 Å². The van der Waals surface area contributed by atoms with Crippen LogP contribution in [-0.4, -0.2) is 21.4 Å². The monoisotopic (exact) mass is 303 g/mol. The molecule has 0 amide bonds. The van der Waals surface area contributed by atoms with E-state index in [1.54, 1.807) is 29.8 Å². The number of rotatable bonds is 3. The summed E-state index contributed by atoms with van der Waals surface area (Å²) >= 11 is 5.82. The van der Waals surface area contributed by atoms with E-state index in [0.29, 0.717) is 22.7 Å². The molecular formula is C14H10ClN3O3. The predicted molar refractivity (Wildman–Crippen MR) is 78.8 cm³/mol. The third kappa shape index (κ3) is 2.30. The van der Waals surface area contributed by atoms with E-state index in [0.717, 1.165) is 0 Å². The first kappa shape index (κ1) is 13.4. The molecule has 0 aliphatic rings. The lowest BCUT2D eigenvalue weighted by Gasteiger charge is -1.99. The molecule has 0 saturated carbocycles. The standard InChI is InChI=1S/C14H10ClN3O3/c1-21-13-3-2-6-17-8-11(16-14(13)17)9-4-5-10(15)12(7-9)18(19)20/h2-8H,1H3.